The van der Waals surface area contributed by atoms with Crippen LogP contribution in [0.25, 0.3) is 0 Å². The molecule has 5 N–H and O–H groups in total. The third-order valence-corrected chi connectivity index (χ3v) is 7.14. The number of hydrazine groups is 1. The number of carbonyl (C=O) groups excluding carboxylic acids is 4. The van der Waals surface area contributed by atoms with Gasteiger partial charge >= 0.3 is 12.2 Å². The van der Waals surface area contributed by atoms with E-state index in [0.717, 1.165) is 12.1 Å². The third-order valence-electron chi connectivity index (χ3n) is 6.81. The molecule has 0 aliphatic carbocycles. The smallest absolute Gasteiger partial charge is 0.417 e. The van der Waals surface area contributed by atoms with E-state index < -0.39 is 40.5 Å². The van der Waals surface area contributed by atoms with Crippen molar-refractivity contribution in [1.82, 2.24) is 15.8 Å². The number of rotatable bonds is 8. The molecular formula is C35H23ClF3N7O5. The van der Waals surface area contributed by atoms with E-state index in [1.807, 2.05) is 6.07 Å². The van der Waals surface area contributed by atoms with E-state index in [4.69, 9.17) is 21.6 Å². The van der Waals surface area contributed by atoms with Crippen LogP contribution in [0.3, 0.4) is 0 Å². The summed E-state index contributed by atoms with van der Waals surface area (Å²) in [6.07, 6.45) is -3.37. The van der Waals surface area contributed by atoms with Gasteiger partial charge in [-0.25, -0.2) is 4.79 Å². The molecule has 16 heteroatoms. The molecule has 256 valence electrons. The van der Waals surface area contributed by atoms with Crippen LogP contribution in [0.1, 0.15) is 42.3 Å². The van der Waals surface area contributed by atoms with Crippen LogP contribution in [-0.4, -0.2) is 28.7 Å². The van der Waals surface area contributed by atoms with Crippen LogP contribution in [-0.2, 0) is 6.18 Å². The Hall–Kier alpha value is -6.92. The van der Waals surface area contributed by atoms with Gasteiger partial charge in [0, 0.05) is 40.5 Å². The van der Waals surface area contributed by atoms with Crippen molar-refractivity contribution in [2.45, 2.75) is 6.18 Å². The number of ether oxygens (including phenoxy) is 1. The van der Waals surface area contributed by atoms with Gasteiger partial charge in [-0.3, -0.25) is 30.2 Å². The summed E-state index contributed by atoms with van der Waals surface area (Å²) >= 11 is 5.61. The average molecular weight is 714 g/mol. The molecule has 51 heavy (non-hydrogen) atoms. The van der Waals surface area contributed by atoms with E-state index >= 15 is 0 Å². The lowest BCUT2D eigenvalue weighted by molar-refractivity contribution is -0.137. The fourth-order valence-corrected chi connectivity index (χ4v) is 4.53. The second kappa shape index (κ2) is 15.5. The summed E-state index contributed by atoms with van der Waals surface area (Å²) in [6, 6.07) is 25.0. The number of hydrogen-bond donors (Lipinski definition) is 5. The highest BCUT2D eigenvalue weighted by Gasteiger charge is 2.33. The number of nitriles is 1. The minimum atomic E-state index is -4.69. The van der Waals surface area contributed by atoms with Gasteiger partial charge in [0.05, 0.1) is 22.2 Å². The predicted octanol–water partition coefficient (Wildman–Crippen LogP) is 7.39. The number of hydrogen-bond acceptors (Lipinski definition) is 7. The standard InChI is InChI=1S/C35H23ClF3N7O5/c36-29-14-11-25(17-28(29)35(37,38)39)44-34(50)43-24-9-12-26(13-10-24)51-27-15-16-41-30(18-27)33(49)46-45-32(48)22-5-7-23(8-6-22)42-31(47)21-3-1-20(19-40)2-4-21/h1-18H,(H,42,47)(H,45,48)(H,46,49)(H2,43,44,50). The zero-order valence-electron chi connectivity index (χ0n) is 25.8. The fourth-order valence-electron chi connectivity index (χ4n) is 4.31. The first-order valence-corrected chi connectivity index (χ1v) is 15.0. The van der Waals surface area contributed by atoms with Crippen molar-refractivity contribution in [3.63, 3.8) is 0 Å². The molecule has 0 aliphatic rings. The zero-order chi connectivity index (χ0) is 36.5. The van der Waals surface area contributed by atoms with Crippen molar-refractivity contribution in [2.75, 3.05) is 16.0 Å². The second-order valence-corrected chi connectivity index (χ2v) is 10.8. The number of nitrogens with one attached hydrogen (secondary N) is 5. The Morgan fingerprint density at radius 2 is 1.24 bits per heavy atom. The predicted molar refractivity (Wildman–Crippen MR) is 180 cm³/mol. The first kappa shape index (κ1) is 35.4. The van der Waals surface area contributed by atoms with Crippen LogP contribution in [0, 0.1) is 11.3 Å². The SMILES string of the molecule is N#Cc1ccc(C(=O)Nc2ccc(C(=O)NNC(=O)c3cc(Oc4ccc(NC(=O)Nc5ccc(Cl)c(C(F)(F)F)c5)cc4)ccn3)cc2)cc1. The Morgan fingerprint density at radius 1 is 0.667 bits per heavy atom. The number of pyridine rings is 1. The molecular weight excluding hydrogens is 691 g/mol. The lowest BCUT2D eigenvalue weighted by Crippen LogP contribution is -2.41. The molecule has 0 atom stereocenters. The third kappa shape index (κ3) is 9.59. The zero-order valence-corrected chi connectivity index (χ0v) is 26.6. The maximum Gasteiger partial charge on any atom is 0.417 e. The lowest BCUT2D eigenvalue weighted by Gasteiger charge is -2.13. The number of benzene rings is 4. The van der Waals surface area contributed by atoms with E-state index in [1.54, 1.807) is 0 Å². The van der Waals surface area contributed by atoms with E-state index in [-0.39, 0.29) is 22.7 Å². The number of urea groups is 1. The molecule has 0 radical (unpaired) electrons. The van der Waals surface area contributed by atoms with Gasteiger partial charge in [-0.15, -0.1) is 0 Å². The molecule has 0 aliphatic heterocycles. The van der Waals surface area contributed by atoms with Crippen LogP contribution >= 0.6 is 11.6 Å². The molecule has 0 saturated carbocycles. The summed E-state index contributed by atoms with van der Waals surface area (Å²) in [7, 11) is 0. The number of carbonyl (C=O) groups is 4. The normalized spacial score (nSPS) is 10.6. The molecule has 5 rings (SSSR count). The van der Waals surface area contributed by atoms with Crippen molar-refractivity contribution in [3.8, 4) is 17.6 Å². The van der Waals surface area contributed by atoms with E-state index in [1.165, 1.54) is 97.2 Å². The Kier molecular flexibility index (Phi) is 10.8. The van der Waals surface area contributed by atoms with Crippen molar-refractivity contribution in [2.24, 2.45) is 0 Å². The quantitative estimate of drug-likeness (QED) is 0.104. The lowest BCUT2D eigenvalue weighted by atomic mass is 10.1. The first-order chi connectivity index (χ1) is 24.4. The monoisotopic (exact) mass is 713 g/mol. The molecule has 0 fully saturated rings. The van der Waals surface area contributed by atoms with Gasteiger partial charge in [0.1, 0.15) is 17.2 Å². The molecule has 12 nitrogen and oxygen atoms in total. The molecule has 0 spiro atoms. The van der Waals surface area contributed by atoms with Gasteiger partial charge in [-0.2, -0.15) is 18.4 Å². The van der Waals surface area contributed by atoms with Gasteiger partial charge in [0.2, 0.25) is 0 Å². The Balaban J connectivity index is 1.10. The number of halogens is 4. The van der Waals surface area contributed by atoms with Crippen LogP contribution in [0.2, 0.25) is 5.02 Å². The van der Waals surface area contributed by atoms with Gasteiger partial charge in [-0.1, -0.05) is 11.6 Å². The molecule has 1 aromatic heterocycles. The number of anilines is 3. The minimum absolute atomic E-state index is 0.0838. The molecule has 1 heterocycles. The summed E-state index contributed by atoms with van der Waals surface area (Å²) in [6.45, 7) is 0. The molecule has 0 saturated heterocycles. The summed E-state index contributed by atoms with van der Waals surface area (Å²) < 4.78 is 45.1. The van der Waals surface area contributed by atoms with E-state index in [2.05, 4.69) is 31.8 Å². The topological polar surface area (TPSA) is 174 Å². The van der Waals surface area contributed by atoms with Crippen molar-refractivity contribution < 1.29 is 37.1 Å². The van der Waals surface area contributed by atoms with Crippen LogP contribution in [0.15, 0.2) is 109 Å². The van der Waals surface area contributed by atoms with Crippen LogP contribution in [0.4, 0.5) is 35.0 Å². The molecule has 5 aromatic rings. The highest BCUT2D eigenvalue weighted by Crippen LogP contribution is 2.36. The molecule has 0 unspecified atom stereocenters. The largest absolute Gasteiger partial charge is 0.457 e. The average Bonchev–Trinajstić information content (AvgIpc) is 3.12. The summed E-state index contributed by atoms with van der Waals surface area (Å²) in [4.78, 5) is 54.0. The molecule has 4 aromatic carbocycles. The maximum atomic E-state index is 13.1. The summed E-state index contributed by atoms with van der Waals surface area (Å²) in [5.74, 6) is -1.24. The number of amides is 5. The Bertz CT molecular complexity index is 2140. The van der Waals surface area contributed by atoms with E-state index in [9.17, 15) is 32.3 Å². The number of aromatic nitrogens is 1. The van der Waals surface area contributed by atoms with Crippen LogP contribution < -0.4 is 31.5 Å². The summed E-state index contributed by atoms with van der Waals surface area (Å²) in [5.41, 5.74) is 4.95. The fraction of sp³-hybridized carbons (Fsp3) is 0.0286. The second-order valence-electron chi connectivity index (χ2n) is 10.4. The first-order valence-electron chi connectivity index (χ1n) is 14.6. The number of nitrogens with zero attached hydrogens (tertiary/aromatic N) is 2. The minimum Gasteiger partial charge on any atom is -0.457 e. The Morgan fingerprint density at radius 3 is 1.90 bits per heavy atom. The van der Waals surface area contributed by atoms with Gasteiger partial charge < -0.3 is 20.7 Å². The van der Waals surface area contributed by atoms with Crippen molar-refractivity contribution in [1.29, 1.82) is 5.26 Å². The maximum absolute atomic E-state index is 13.1. The van der Waals surface area contributed by atoms with Gasteiger partial charge in [-0.05, 0) is 97.1 Å². The van der Waals surface area contributed by atoms with Crippen molar-refractivity contribution in [3.05, 3.63) is 142 Å². The van der Waals surface area contributed by atoms with E-state index in [0.29, 0.717) is 28.3 Å². The van der Waals surface area contributed by atoms with Gasteiger partial charge in [0.25, 0.3) is 17.7 Å². The number of alkyl halides is 3. The summed E-state index contributed by atoms with van der Waals surface area (Å²) in [5, 5.41) is 15.9. The van der Waals surface area contributed by atoms with Crippen LogP contribution in [0.5, 0.6) is 11.5 Å². The van der Waals surface area contributed by atoms with Crippen molar-refractivity contribution >= 4 is 52.4 Å². The molecule has 5 amide bonds. The molecule has 0 bridgehead atoms. The highest BCUT2D eigenvalue weighted by atomic mass is 35.5. The Labute approximate surface area is 292 Å². The highest BCUT2D eigenvalue weighted by molar-refractivity contribution is 6.31. The van der Waals surface area contributed by atoms with Gasteiger partial charge in [0.15, 0.2) is 0 Å².